The molecule has 0 aliphatic rings. The molecule has 1 aromatic rings. The van der Waals surface area contributed by atoms with Gasteiger partial charge in [-0.05, 0) is 0 Å². The molecule has 5 heteroatoms. The van der Waals surface area contributed by atoms with Gasteiger partial charge >= 0.3 is 5.69 Å². The standard InChI is InChI=1S/C7H10N4O/c1-2-3-9-5-4-10-7(12)11-6(5)8/h2,4,9H,1,3H2,(H3,8,10,11,12). The molecule has 12 heavy (non-hydrogen) atoms. The zero-order valence-electron chi connectivity index (χ0n) is 6.50. The number of aromatic amines is 1. The van der Waals surface area contributed by atoms with E-state index in [2.05, 4.69) is 21.9 Å². The molecule has 0 spiro atoms. The Kier molecular flexibility index (Phi) is 2.47. The zero-order valence-corrected chi connectivity index (χ0v) is 6.50. The lowest BCUT2D eigenvalue weighted by molar-refractivity contribution is 1.08. The van der Waals surface area contributed by atoms with Gasteiger partial charge in [0.25, 0.3) is 0 Å². The number of hydrogen-bond acceptors (Lipinski definition) is 4. The zero-order chi connectivity index (χ0) is 8.97. The van der Waals surface area contributed by atoms with Crippen LogP contribution in [-0.2, 0) is 0 Å². The lowest BCUT2D eigenvalue weighted by Gasteiger charge is -2.03. The quantitative estimate of drug-likeness (QED) is 0.550. The van der Waals surface area contributed by atoms with Crippen molar-refractivity contribution in [1.82, 2.24) is 9.97 Å². The van der Waals surface area contributed by atoms with Crippen molar-refractivity contribution in [2.45, 2.75) is 0 Å². The van der Waals surface area contributed by atoms with Crippen molar-refractivity contribution in [2.75, 3.05) is 17.6 Å². The largest absolute Gasteiger partial charge is 0.382 e. The molecule has 0 amide bonds. The average molecular weight is 166 g/mol. The number of nitrogens with two attached hydrogens (primary N) is 1. The summed E-state index contributed by atoms with van der Waals surface area (Å²) in [7, 11) is 0. The summed E-state index contributed by atoms with van der Waals surface area (Å²) in [6.07, 6.45) is 3.17. The van der Waals surface area contributed by atoms with Gasteiger partial charge in [0.15, 0.2) is 5.82 Å². The third-order valence-corrected chi connectivity index (χ3v) is 1.27. The summed E-state index contributed by atoms with van der Waals surface area (Å²) in [5, 5.41) is 2.91. The minimum absolute atomic E-state index is 0.195. The van der Waals surface area contributed by atoms with Crippen molar-refractivity contribution in [3.05, 3.63) is 29.3 Å². The van der Waals surface area contributed by atoms with Crippen molar-refractivity contribution in [1.29, 1.82) is 0 Å². The number of hydrogen-bond donors (Lipinski definition) is 3. The number of H-pyrrole nitrogens is 1. The molecule has 1 aromatic heterocycles. The normalized spacial score (nSPS) is 9.33. The van der Waals surface area contributed by atoms with Gasteiger partial charge in [-0.2, -0.15) is 4.98 Å². The maximum atomic E-state index is 10.6. The van der Waals surface area contributed by atoms with E-state index in [0.29, 0.717) is 12.2 Å². The SMILES string of the molecule is C=CCNc1c[nH]c(=O)nc1N. The summed E-state index contributed by atoms with van der Waals surface area (Å²) < 4.78 is 0. The van der Waals surface area contributed by atoms with Crippen molar-refractivity contribution in [3.63, 3.8) is 0 Å². The highest BCUT2D eigenvalue weighted by Crippen LogP contribution is 2.09. The van der Waals surface area contributed by atoms with Crippen LogP contribution >= 0.6 is 0 Å². The van der Waals surface area contributed by atoms with Crippen LogP contribution in [0.1, 0.15) is 0 Å². The summed E-state index contributed by atoms with van der Waals surface area (Å²) >= 11 is 0. The molecule has 0 aromatic carbocycles. The molecule has 0 saturated carbocycles. The number of rotatable bonds is 3. The van der Waals surface area contributed by atoms with Crippen LogP contribution in [0.5, 0.6) is 0 Å². The third-order valence-electron chi connectivity index (χ3n) is 1.27. The highest BCUT2D eigenvalue weighted by atomic mass is 16.1. The molecule has 0 aliphatic heterocycles. The van der Waals surface area contributed by atoms with Gasteiger partial charge in [0.1, 0.15) is 0 Å². The van der Waals surface area contributed by atoms with Crippen molar-refractivity contribution < 1.29 is 0 Å². The third kappa shape index (κ3) is 1.85. The van der Waals surface area contributed by atoms with Crippen molar-refractivity contribution >= 4 is 11.5 Å². The van der Waals surface area contributed by atoms with Crippen LogP contribution in [0, 0.1) is 0 Å². The number of aromatic nitrogens is 2. The van der Waals surface area contributed by atoms with Gasteiger partial charge in [0.05, 0.1) is 5.69 Å². The second-order valence-corrected chi connectivity index (χ2v) is 2.17. The monoisotopic (exact) mass is 166 g/mol. The van der Waals surface area contributed by atoms with Crippen molar-refractivity contribution in [3.8, 4) is 0 Å². The fourth-order valence-corrected chi connectivity index (χ4v) is 0.733. The van der Waals surface area contributed by atoms with E-state index in [0.717, 1.165) is 0 Å². The Bertz CT molecular complexity index is 330. The Morgan fingerprint density at radius 2 is 2.58 bits per heavy atom. The summed E-state index contributed by atoms with van der Waals surface area (Å²) in [5.41, 5.74) is 5.59. The maximum Gasteiger partial charge on any atom is 0.346 e. The highest BCUT2D eigenvalue weighted by Gasteiger charge is 1.97. The number of nitrogens with zero attached hydrogens (tertiary/aromatic N) is 1. The van der Waals surface area contributed by atoms with Gasteiger partial charge in [0, 0.05) is 12.7 Å². The number of anilines is 2. The molecule has 0 atom stereocenters. The van der Waals surface area contributed by atoms with E-state index >= 15 is 0 Å². The summed E-state index contributed by atoms with van der Waals surface area (Å²) in [5.74, 6) is 0.195. The summed E-state index contributed by atoms with van der Waals surface area (Å²) in [6, 6.07) is 0. The Morgan fingerprint density at radius 1 is 1.83 bits per heavy atom. The van der Waals surface area contributed by atoms with Crippen LogP contribution in [0.15, 0.2) is 23.6 Å². The van der Waals surface area contributed by atoms with E-state index in [-0.39, 0.29) is 5.82 Å². The minimum Gasteiger partial charge on any atom is -0.382 e. The molecule has 0 unspecified atom stereocenters. The first kappa shape index (κ1) is 8.32. The molecule has 64 valence electrons. The average Bonchev–Trinajstić information content (AvgIpc) is 2.03. The van der Waals surface area contributed by atoms with E-state index in [1.165, 1.54) is 6.20 Å². The van der Waals surface area contributed by atoms with Gasteiger partial charge in [-0.1, -0.05) is 6.08 Å². The Morgan fingerprint density at radius 3 is 3.17 bits per heavy atom. The predicted molar refractivity (Wildman–Crippen MR) is 48.0 cm³/mol. The number of nitrogens with one attached hydrogen (secondary N) is 2. The molecule has 0 saturated heterocycles. The van der Waals surface area contributed by atoms with E-state index in [1.54, 1.807) is 6.08 Å². The van der Waals surface area contributed by atoms with Gasteiger partial charge < -0.3 is 16.0 Å². The van der Waals surface area contributed by atoms with Gasteiger partial charge in [-0.25, -0.2) is 4.79 Å². The van der Waals surface area contributed by atoms with E-state index in [1.807, 2.05) is 0 Å². The summed E-state index contributed by atoms with van der Waals surface area (Å²) in [6.45, 7) is 4.11. The Balaban J connectivity index is 2.86. The number of nitrogen functional groups attached to an aromatic ring is 1. The predicted octanol–water partition coefficient (Wildman–Crippen LogP) is -0.0500. The van der Waals surface area contributed by atoms with Gasteiger partial charge in [0.2, 0.25) is 0 Å². The van der Waals surface area contributed by atoms with E-state index in [4.69, 9.17) is 5.73 Å². The van der Waals surface area contributed by atoms with Crippen LogP contribution in [0.25, 0.3) is 0 Å². The molecule has 1 rings (SSSR count). The van der Waals surface area contributed by atoms with Crippen LogP contribution in [0.3, 0.4) is 0 Å². The van der Waals surface area contributed by atoms with Crippen LogP contribution in [0.4, 0.5) is 11.5 Å². The van der Waals surface area contributed by atoms with Gasteiger partial charge in [-0.3, -0.25) is 0 Å². The summed E-state index contributed by atoms with van der Waals surface area (Å²) in [4.78, 5) is 16.5. The molecule has 1 heterocycles. The second kappa shape index (κ2) is 3.56. The molecular formula is C7H10N4O. The van der Waals surface area contributed by atoms with Crippen LogP contribution in [0.2, 0.25) is 0 Å². The van der Waals surface area contributed by atoms with Crippen molar-refractivity contribution in [2.24, 2.45) is 0 Å². The Hall–Kier alpha value is -1.78. The highest BCUT2D eigenvalue weighted by molar-refractivity contribution is 5.59. The fourth-order valence-electron chi connectivity index (χ4n) is 0.733. The molecule has 0 radical (unpaired) electrons. The topological polar surface area (TPSA) is 83.8 Å². The van der Waals surface area contributed by atoms with E-state index in [9.17, 15) is 4.79 Å². The van der Waals surface area contributed by atoms with Gasteiger partial charge in [-0.15, -0.1) is 6.58 Å². The lowest BCUT2D eigenvalue weighted by atomic mass is 10.4. The molecule has 4 N–H and O–H groups in total. The molecule has 5 nitrogen and oxygen atoms in total. The first-order chi connectivity index (χ1) is 5.74. The lowest BCUT2D eigenvalue weighted by Crippen LogP contribution is -2.14. The minimum atomic E-state index is -0.448. The van der Waals surface area contributed by atoms with Crippen LogP contribution in [-0.4, -0.2) is 16.5 Å². The maximum absolute atomic E-state index is 10.6. The molecular weight excluding hydrogens is 156 g/mol. The smallest absolute Gasteiger partial charge is 0.346 e. The second-order valence-electron chi connectivity index (χ2n) is 2.17. The van der Waals surface area contributed by atoms with E-state index < -0.39 is 5.69 Å². The molecule has 0 fully saturated rings. The van der Waals surface area contributed by atoms with Crippen LogP contribution < -0.4 is 16.7 Å². The first-order valence-electron chi connectivity index (χ1n) is 3.44. The molecule has 0 aliphatic carbocycles. The fraction of sp³-hybridized carbons (Fsp3) is 0.143. The molecule has 0 bridgehead atoms. The Labute approximate surface area is 69.3 Å². The first-order valence-corrected chi connectivity index (χ1v) is 3.44.